The van der Waals surface area contributed by atoms with Crippen LogP contribution in [0.1, 0.15) is 22.3 Å². The van der Waals surface area contributed by atoms with Crippen LogP contribution in [0.15, 0.2) is 77.7 Å². The number of carbonyl (C=O) groups excluding carboxylic acids is 3. The Morgan fingerprint density at radius 2 is 1.71 bits per heavy atom. The van der Waals surface area contributed by atoms with Crippen molar-refractivity contribution in [3.63, 3.8) is 0 Å². The van der Waals surface area contributed by atoms with E-state index in [9.17, 15) is 27.6 Å². The van der Waals surface area contributed by atoms with E-state index in [2.05, 4.69) is 5.32 Å². The molecule has 1 aliphatic heterocycles. The zero-order valence-corrected chi connectivity index (χ0v) is 18.9. The second kappa shape index (κ2) is 9.52. The molecular formula is C24H16ClF3N2O3S. The largest absolute Gasteiger partial charge is 0.416 e. The summed E-state index contributed by atoms with van der Waals surface area (Å²) >= 11 is 6.94. The predicted octanol–water partition coefficient (Wildman–Crippen LogP) is 6.04. The summed E-state index contributed by atoms with van der Waals surface area (Å²) in [6.45, 7) is 0. The first-order valence-corrected chi connectivity index (χ1v) is 11.3. The Hall–Kier alpha value is -3.30. The highest BCUT2D eigenvalue weighted by Crippen LogP contribution is 2.36. The maximum atomic E-state index is 13.0. The molecule has 0 spiro atoms. The summed E-state index contributed by atoms with van der Waals surface area (Å²) in [6, 6.07) is 17.0. The topological polar surface area (TPSA) is 66.5 Å². The van der Waals surface area contributed by atoms with Gasteiger partial charge in [-0.2, -0.15) is 13.2 Å². The average Bonchev–Trinajstić information content (AvgIpc) is 3.07. The molecule has 1 aliphatic rings. The smallest absolute Gasteiger partial charge is 0.322 e. The van der Waals surface area contributed by atoms with Crippen molar-refractivity contribution < 1.29 is 27.6 Å². The van der Waals surface area contributed by atoms with Gasteiger partial charge in [0.1, 0.15) is 0 Å². The molecule has 3 aromatic rings. The first kappa shape index (κ1) is 23.8. The van der Waals surface area contributed by atoms with E-state index >= 15 is 0 Å². The monoisotopic (exact) mass is 504 g/mol. The van der Waals surface area contributed by atoms with Crippen LogP contribution in [0.3, 0.4) is 0 Å². The van der Waals surface area contributed by atoms with Crippen LogP contribution in [0, 0.1) is 0 Å². The summed E-state index contributed by atoms with van der Waals surface area (Å²) in [7, 11) is 0. The van der Waals surface area contributed by atoms with Gasteiger partial charge in [-0.3, -0.25) is 14.4 Å². The van der Waals surface area contributed by atoms with Crippen LogP contribution in [0.4, 0.5) is 24.5 Å². The number of nitrogens with one attached hydrogen (secondary N) is 1. The number of carbonyl (C=O) groups is 3. The van der Waals surface area contributed by atoms with E-state index in [1.807, 2.05) is 0 Å². The van der Waals surface area contributed by atoms with Gasteiger partial charge < -0.3 is 5.32 Å². The summed E-state index contributed by atoms with van der Waals surface area (Å²) in [6.07, 6.45) is -4.60. The third-order valence-corrected chi connectivity index (χ3v) is 6.55. The second-order valence-corrected chi connectivity index (χ2v) is 9.06. The minimum Gasteiger partial charge on any atom is -0.322 e. The number of halogens is 4. The van der Waals surface area contributed by atoms with Crippen molar-refractivity contribution in [1.82, 2.24) is 0 Å². The lowest BCUT2D eigenvalue weighted by Gasteiger charge is -2.16. The van der Waals surface area contributed by atoms with Crippen LogP contribution in [0.25, 0.3) is 0 Å². The van der Waals surface area contributed by atoms with Crippen LogP contribution in [-0.4, -0.2) is 23.0 Å². The van der Waals surface area contributed by atoms with Gasteiger partial charge in [-0.15, -0.1) is 11.8 Å². The van der Waals surface area contributed by atoms with E-state index in [1.165, 1.54) is 18.2 Å². The van der Waals surface area contributed by atoms with Gasteiger partial charge in [-0.25, -0.2) is 4.90 Å². The summed E-state index contributed by atoms with van der Waals surface area (Å²) in [5.41, 5.74) is -0.320. The Kier molecular flexibility index (Phi) is 6.67. The van der Waals surface area contributed by atoms with Crippen molar-refractivity contribution in [1.29, 1.82) is 0 Å². The summed E-state index contributed by atoms with van der Waals surface area (Å²) in [5.74, 6) is -1.44. The van der Waals surface area contributed by atoms with E-state index in [0.717, 1.165) is 28.8 Å². The quantitative estimate of drug-likeness (QED) is 0.430. The average molecular weight is 505 g/mol. The van der Waals surface area contributed by atoms with Gasteiger partial charge in [-0.1, -0.05) is 29.8 Å². The number of anilines is 2. The summed E-state index contributed by atoms with van der Waals surface area (Å²) in [4.78, 5) is 39.8. The molecule has 1 fully saturated rings. The maximum absolute atomic E-state index is 13.0. The number of hydrogen-bond donors (Lipinski definition) is 1. The molecule has 3 amide bonds. The lowest BCUT2D eigenvalue weighted by atomic mass is 10.1. The van der Waals surface area contributed by atoms with Gasteiger partial charge in [0.2, 0.25) is 11.8 Å². The molecule has 0 bridgehead atoms. The number of alkyl halides is 3. The molecule has 4 rings (SSSR count). The number of nitrogens with zero attached hydrogens (tertiary/aromatic N) is 1. The molecule has 1 heterocycles. The van der Waals surface area contributed by atoms with E-state index in [0.29, 0.717) is 15.6 Å². The van der Waals surface area contributed by atoms with Crippen LogP contribution in [-0.2, 0) is 15.8 Å². The maximum Gasteiger partial charge on any atom is 0.416 e. The van der Waals surface area contributed by atoms with E-state index in [1.54, 1.807) is 42.5 Å². The first-order valence-electron chi connectivity index (χ1n) is 10.00. The van der Waals surface area contributed by atoms with Crippen molar-refractivity contribution in [3.8, 4) is 0 Å². The fourth-order valence-corrected chi connectivity index (χ4v) is 4.75. The van der Waals surface area contributed by atoms with E-state index < -0.39 is 28.8 Å². The normalized spacial score (nSPS) is 16.1. The molecule has 0 aromatic heterocycles. The predicted molar refractivity (Wildman–Crippen MR) is 124 cm³/mol. The van der Waals surface area contributed by atoms with Crippen LogP contribution >= 0.6 is 23.4 Å². The zero-order valence-electron chi connectivity index (χ0n) is 17.3. The fraction of sp³-hybridized carbons (Fsp3) is 0.125. The third kappa shape index (κ3) is 5.10. The van der Waals surface area contributed by atoms with Gasteiger partial charge in [0.05, 0.1) is 22.1 Å². The minimum atomic E-state index is -4.54. The number of thioether (sulfide) groups is 1. The van der Waals surface area contributed by atoms with Gasteiger partial charge >= 0.3 is 6.18 Å². The number of rotatable bonds is 5. The molecule has 1 atom stereocenters. The molecule has 10 heteroatoms. The van der Waals surface area contributed by atoms with Crippen molar-refractivity contribution in [2.75, 3.05) is 10.2 Å². The van der Waals surface area contributed by atoms with Crippen molar-refractivity contribution in [3.05, 3.63) is 88.9 Å². The molecule has 1 N–H and O–H groups in total. The van der Waals surface area contributed by atoms with Crippen LogP contribution in [0.5, 0.6) is 0 Å². The fourth-order valence-electron chi connectivity index (χ4n) is 3.44. The lowest BCUT2D eigenvalue weighted by molar-refractivity contribution is -0.137. The Morgan fingerprint density at radius 1 is 1.00 bits per heavy atom. The highest BCUT2D eigenvalue weighted by Gasteiger charge is 2.40. The molecule has 3 aromatic carbocycles. The molecule has 0 saturated carbocycles. The molecular weight excluding hydrogens is 489 g/mol. The molecule has 34 heavy (non-hydrogen) atoms. The van der Waals surface area contributed by atoms with Gasteiger partial charge in [-0.05, 0) is 54.6 Å². The van der Waals surface area contributed by atoms with E-state index in [4.69, 9.17) is 11.6 Å². The molecule has 0 unspecified atom stereocenters. The molecule has 0 radical (unpaired) electrons. The SMILES string of the molecule is O=C(Nc1cccc(C(F)(F)F)c1)c1ccccc1S[C@H]1CC(=O)N(c2ccc(Cl)cc2)C1=O. The van der Waals surface area contributed by atoms with E-state index in [-0.39, 0.29) is 23.6 Å². The Balaban J connectivity index is 1.53. The zero-order chi connectivity index (χ0) is 24.5. The molecule has 0 aliphatic carbocycles. The highest BCUT2D eigenvalue weighted by molar-refractivity contribution is 8.00. The Labute approximate surface area is 201 Å². The number of hydrogen-bond acceptors (Lipinski definition) is 4. The van der Waals surface area contributed by atoms with Crippen molar-refractivity contribution in [2.45, 2.75) is 22.7 Å². The number of amides is 3. The van der Waals surface area contributed by atoms with Crippen LogP contribution < -0.4 is 10.2 Å². The Bertz CT molecular complexity index is 1260. The number of imide groups is 1. The standard InChI is InChI=1S/C24H16ClF3N2O3S/c25-15-8-10-17(11-9-15)30-21(31)13-20(23(30)33)34-19-7-2-1-6-18(19)22(32)29-16-5-3-4-14(12-16)24(26,27)28/h1-12,20H,13H2,(H,29,32)/t20-/m0/s1. The van der Waals surface area contributed by atoms with Crippen molar-refractivity contribution >= 4 is 52.5 Å². The van der Waals surface area contributed by atoms with Gasteiger partial charge in [0, 0.05) is 22.0 Å². The summed E-state index contributed by atoms with van der Waals surface area (Å²) < 4.78 is 38.9. The van der Waals surface area contributed by atoms with Crippen molar-refractivity contribution in [2.24, 2.45) is 0 Å². The molecule has 5 nitrogen and oxygen atoms in total. The second-order valence-electron chi connectivity index (χ2n) is 7.38. The third-order valence-electron chi connectivity index (χ3n) is 5.04. The molecule has 1 saturated heterocycles. The molecule has 174 valence electrons. The minimum absolute atomic E-state index is 0.0133. The highest BCUT2D eigenvalue weighted by atomic mass is 35.5. The van der Waals surface area contributed by atoms with Gasteiger partial charge in [0.25, 0.3) is 5.91 Å². The summed E-state index contributed by atoms with van der Waals surface area (Å²) in [5, 5.41) is 2.18. The lowest BCUT2D eigenvalue weighted by Crippen LogP contribution is -2.31. The van der Waals surface area contributed by atoms with Crippen LogP contribution in [0.2, 0.25) is 5.02 Å². The van der Waals surface area contributed by atoms with Gasteiger partial charge in [0.15, 0.2) is 0 Å². The Morgan fingerprint density at radius 3 is 2.41 bits per heavy atom. The number of benzene rings is 3. The first-order chi connectivity index (χ1) is 16.1.